The molecule has 0 aromatic rings. The molecule has 0 aliphatic carbocycles. The van der Waals surface area contributed by atoms with Gasteiger partial charge in [0.05, 0.1) is 0 Å². The second-order valence-electron chi connectivity index (χ2n) is 5.02. The zero-order chi connectivity index (χ0) is 13.1. The van der Waals surface area contributed by atoms with Crippen LogP contribution in [0, 0.1) is 5.92 Å². The van der Waals surface area contributed by atoms with Crippen molar-refractivity contribution < 1.29 is 0 Å². The molecule has 0 saturated carbocycles. The van der Waals surface area contributed by atoms with Gasteiger partial charge in [-0.25, -0.2) is 0 Å². The summed E-state index contributed by atoms with van der Waals surface area (Å²) in [5.74, 6) is 0.785. The van der Waals surface area contributed by atoms with Gasteiger partial charge in [-0.2, -0.15) is 0 Å². The first-order valence-corrected chi connectivity index (χ1v) is 14.3. The molecule has 1 atom stereocenters. The molecular formula is C14H30ClGeN. The molecule has 1 N–H and O–H groups in total. The Morgan fingerprint density at radius 3 is 2.41 bits per heavy atom. The van der Waals surface area contributed by atoms with Crippen LogP contribution in [0.25, 0.3) is 0 Å². The van der Waals surface area contributed by atoms with E-state index in [1.54, 1.807) is 0 Å². The van der Waals surface area contributed by atoms with Crippen LogP contribution in [0.5, 0.6) is 0 Å². The zero-order valence-corrected chi connectivity index (χ0v) is 14.8. The normalized spacial score (nSPS) is 13.6. The van der Waals surface area contributed by atoms with Gasteiger partial charge in [0, 0.05) is 0 Å². The molecule has 0 bridgehead atoms. The van der Waals surface area contributed by atoms with Gasteiger partial charge in [0.2, 0.25) is 0 Å². The van der Waals surface area contributed by atoms with Crippen LogP contribution in [-0.4, -0.2) is 25.4 Å². The Labute approximate surface area is 115 Å². The molecule has 0 spiro atoms. The van der Waals surface area contributed by atoms with E-state index in [9.17, 15) is 0 Å². The van der Waals surface area contributed by atoms with Crippen molar-refractivity contribution in [2.24, 2.45) is 5.92 Å². The SMILES string of the molecule is C=CCNCC(CCCC)[CH2][Ge]([Cl])([CH2]C)[CH2]C. The Kier molecular flexibility index (Phi) is 10.8. The quantitative estimate of drug-likeness (QED) is 0.328. The number of nitrogens with one attached hydrogen (secondary N) is 1. The molecule has 3 heteroatoms. The summed E-state index contributed by atoms with van der Waals surface area (Å²) < 4.78 is 0. The van der Waals surface area contributed by atoms with E-state index in [4.69, 9.17) is 10.0 Å². The third kappa shape index (κ3) is 8.28. The predicted molar refractivity (Wildman–Crippen MR) is 83.5 cm³/mol. The van der Waals surface area contributed by atoms with Crippen LogP contribution in [0.3, 0.4) is 0 Å². The Balaban J connectivity index is 4.19. The van der Waals surface area contributed by atoms with Crippen molar-refractivity contribution in [3.8, 4) is 0 Å². The van der Waals surface area contributed by atoms with Crippen molar-refractivity contribution in [2.75, 3.05) is 13.1 Å². The van der Waals surface area contributed by atoms with Crippen molar-refractivity contribution in [2.45, 2.75) is 55.8 Å². The third-order valence-corrected chi connectivity index (χ3v) is 15.3. The Hall–Kier alpha value is 0.533. The van der Waals surface area contributed by atoms with Crippen molar-refractivity contribution in [1.29, 1.82) is 0 Å². The number of hydrogen-bond donors (Lipinski definition) is 1. The molecule has 1 nitrogen and oxygen atoms in total. The van der Waals surface area contributed by atoms with Gasteiger partial charge in [-0.3, -0.25) is 0 Å². The summed E-state index contributed by atoms with van der Waals surface area (Å²) >= 11 is -1.98. The number of hydrogen-bond acceptors (Lipinski definition) is 1. The van der Waals surface area contributed by atoms with Gasteiger partial charge in [-0.05, 0) is 0 Å². The van der Waals surface area contributed by atoms with Crippen LogP contribution >= 0.6 is 10.0 Å². The van der Waals surface area contributed by atoms with Crippen LogP contribution in [0.4, 0.5) is 0 Å². The first-order chi connectivity index (χ1) is 8.11. The number of unbranched alkanes of at least 4 members (excludes halogenated alkanes) is 1. The first-order valence-electron chi connectivity index (χ1n) is 7.12. The van der Waals surface area contributed by atoms with Gasteiger partial charge < -0.3 is 0 Å². The Bertz CT molecular complexity index is 193. The molecule has 1 unspecified atom stereocenters. The van der Waals surface area contributed by atoms with Crippen molar-refractivity contribution in [1.82, 2.24) is 5.32 Å². The predicted octanol–water partition coefficient (Wildman–Crippen LogP) is 4.79. The van der Waals surface area contributed by atoms with E-state index < -0.39 is 12.3 Å². The van der Waals surface area contributed by atoms with E-state index in [1.807, 2.05) is 6.08 Å². The fourth-order valence-corrected chi connectivity index (χ4v) is 8.51. The minimum atomic E-state index is -1.98. The molecular weight excluding hydrogens is 290 g/mol. The molecule has 0 amide bonds. The average molecular weight is 320 g/mol. The van der Waals surface area contributed by atoms with E-state index in [0.29, 0.717) is 0 Å². The van der Waals surface area contributed by atoms with Gasteiger partial charge in [0.15, 0.2) is 0 Å². The van der Waals surface area contributed by atoms with E-state index in [-0.39, 0.29) is 0 Å². The monoisotopic (exact) mass is 321 g/mol. The summed E-state index contributed by atoms with van der Waals surface area (Å²) in [5, 5.41) is 7.29. The van der Waals surface area contributed by atoms with Gasteiger partial charge in [-0.1, -0.05) is 0 Å². The number of halogens is 1. The van der Waals surface area contributed by atoms with E-state index in [0.717, 1.165) is 19.0 Å². The minimum absolute atomic E-state index is 0.785. The molecule has 0 fully saturated rings. The van der Waals surface area contributed by atoms with E-state index in [2.05, 4.69) is 32.7 Å². The van der Waals surface area contributed by atoms with E-state index >= 15 is 0 Å². The van der Waals surface area contributed by atoms with Crippen LogP contribution in [-0.2, 0) is 0 Å². The van der Waals surface area contributed by atoms with Gasteiger partial charge >= 0.3 is 115 Å². The van der Waals surface area contributed by atoms with Crippen LogP contribution < -0.4 is 5.32 Å². The second kappa shape index (κ2) is 10.5. The van der Waals surface area contributed by atoms with Crippen molar-refractivity contribution >= 4 is 22.3 Å². The van der Waals surface area contributed by atoms with Crippen molar-refractivity contribution in [3.05, 3.63) is 12.7 Å². The second-order valence-corrected chi connectivity index (χ2v) is 17.8. The third-order valence-electron chi connectivity index (χ3n) is 3.61. The van der Waals surface area contributed by atoms with Gasteiger partial charge in [-0.15, -0.1) is 0 Å². The fourth-order valence-electron chi connectivity index (χ4n) is 2.21. The van der Waals surface area contributed by atoms with Crippen LogP contribution in [0.15, 0.2) is 12.7 Å². The molecule has 0 rings (SSSR count). The first kappa shape index (κ1) is 17.5. The summed E-state index contributed by atoms with van der Waals surface area (Å²) in [6.45, 7) is 12.6. The summed E-state index contributed by atoms with van der Waals surface area (Å²) in [7, 11) is 6.83. The zero-order valence-electron chi connectivity index (χ0n) is 11.9. The summed E-state index contributed by atoms with van der Waals surface area (Å²) in [6, 6.07) is 0. The molecule has 0 aliphatic rings. The molecule has 0 radical (unpaired) electrons. The van der Waals surface area contributed by atoms with Gasteiger partial charge in [0.25, 0.3) is 0 Å². The molecule has 0 aromatic carbocycles. The molecule has 0 saturated heterocycles. The maximum absolute atomic E-state index is 6.83. The average Bonchev–Trinajstić information content (AvgIpc) is 2.35. The summed E-state index contributed by atoms with van der Waals surface area (Å²) in [5.41, 5.74) is 0. The Morgan fingerprint density at radius 2 is 1.94 bits per heavy atom. The Morgan fingerprint density at radius 1 is 1.29 bits per heavy atom. The standard InChI is InChI=1S/C14H30ClGeN/c1-5-9-10-14(13-17-11-6-2)12-16(15,7-3)8-4/h6,14,17H,2,5,7-13H2,1,3-4H3. The van der Waals surface area contributed by atoms with Crippen molar-refractivity contribution in [3.63, 3.8) is 0 Å². The number of rotatable bonds is 11. The van der Waals surface area contributed by atoms with Gasteiger partial charge in [0.1, 0.15) is 0 Å². The molecule has 0 heterocycles. The molecule has 17 heavy (non-hydrogen) atoms. The topological polar surface area (TPSA) is 12.0 Å². The molecule has 102 valence electrons. The maximum atomic E-state index is 6.83. The van der Waals surface area contributed by atoms with Crippen LogP contribution in [0.1, 0.15) is 40.0 Å². The van der Waals surface area contributed by atoms with E-state index in [1.165, 1.54) is 35.0 Å². The molecule has 0 aliphatic heterocycles. The van der Waals surface area contributed by atoms with Crippen LogP contribution in [0.2, 0.25) is 15.8 Å². The summed E-state index contributed by atoms with van der Waals surface area (Å²) in [4.78, 5) is 0. The fraction of sp³-hybridized carbons (Fsp3) is 0.857. The molecule has 0 aromatic heterocycles. The summed E-state index contributed by atoms with van der Waals surface area (Å²) in [6.07, 6.45) is 5.90.